The van der Waals surface area contributed by atoms with Gasteiger partial charge in [0.25, 0.3) is 0 Å². The van der Waals surface area contributed by atoms with E-state index in [1.165, 1.54) is 0 Å². The highest BCUT2D eigenvalue weighted by Crippen LogP contribution is 2.21. The molecule has 24 heavy (non-hydrogen) atoms. The van der Waals surface area contributed by atoms with Crippen LogP contribution in [-0.4, -0.2) is 67.1 Å². The van der Waals surface area contributed by atoms with Gasteiger partial charge in [0.15, 0.2) is 0 Å². The molecule has 1 aliphatic heterocycles. The molecule has 3 rings (SSSR count). The number of piperazine rings is 1. The third kappa shape index (κ3) is 4.27. The van der Waals surface area contributed by atoms with Gasteiger partial charge >= 0.3 is 6.03 Å². The van der Waals surface area contributed by atoms with E-state index in [0.717, 1.165) is 49.3 Å². The highest BCUT2D eigenvalue weighted by molar-refractivity contribution is 6.00. The van der Waals surface area contributed by atoms with Gasteiger partial charge in [0.1, 0.15) is 0 Å². The molecule has 0 bridgehead atoms. The summed E-state index contributed by atoms with van der Waals surface area (Å²) in [5.74, 6) is 0.433. The molecule has 1 unspecified atom stereocenters. The predicted molar refractivity (Wildman–Crippen MR) is 98.4 cm³/mol. The maximum absolute atomic E-state index is 12.2. The topological polar surface area (TPSA) is 63.4 Å². The lowest BCUT2D eigenvalue weighted by molar-refractivity contribution is 0.138. The molecule has 6 heteroatoms. The number of fused-ring (bicyclic) bond motifs is 1. The van der Waals surface area contributed by atoms with E-state index in [4.69, 9.17) is 0 Å². The standard InChI is InChI=1S/C18H27N5O/c1-14(13-23-10-8-22(2)9-11-23)12-20-18(24)21-17-5-3-4-16-15(17)6-7-19-16/h3-7,14,19H,8-13H2,1-2H3,(H2,20,21,24). The summed E-state index contributed by atoms with van der Waals surface area (Å²) in [7, 11) is 2.16. The fraction of sp³-hybridized carbons (Fsp3) is 0.500. The molecule has 3 N–H and O–H groups in total. The molecule has 130 valence electrons. The fourth-order valence-corrected chi connectivity index (χ4v) is 3.16. The zero-order chi connectivity index (χ0) is 16.9. The van der Waals surface area contributed by atoms with Crippen LogP contribution in [-0.2, 0) is 0 Å². The van der Waals surface area contributed by atoms with Crippen molar-refractivity contribution in [3.63, 3.8) is 0 Å². The van der Waals surface area contributed by atoms with Crippen molar-refractivity contribution in [2.24, 2.45) is 5.92 Å². The van der Waals surface area contributed by atoms with E-state index in [9.17, 15) is 4.79 Å². The molecular weight excluding hydrogens is 302 g/mol. The van der Waals surface area contributed by atoms with E-state index >= 15 is 0 Å². The molecule has 0 aliphatic carbocycles. The average Bonchev–Trinajstić information content (AvgIpc) is 3.05. The lowest BCUT2D eigenvalue weighted by atomic mass is 10.1. The van der Waals surface area contributed by atoms with Crippen LogP contribution in [0.4, 0.5) is 10.5 Å². The van der Waals surface area contributed by atoms with E-state index < -0.39 is 0 Å². The van der Waals surface area contributed by atoms with Crippen LogP contribution in [0.15, 0.2) is 30.5 Å². The Morgan fingerprint density at radius 1 is 1.25 bits per heavy atom. The van der Waals surface area contributed by atoms with E-state index in [2.05, 4.69) is 39.4 Å². The van der Waals surface area contributed by atoms with Gasteiger partial charge in [0, 0.05) is 56.4 Å². The summed E-state index contributed by atoms with van der Waals surface area (Å²) in [5, 5.41) is 6.96. The summed E-state index contributed by atoms with van der Waals surface area (Å²) >= 11 is 0. The van der Waals surface area contributed by atoms with Gasteiger partial charge in [-0.2, -0.15) is 0 Å². The third-order valence-electron chi connectivity index (χ3n) is 4.62. The highest BCUT2D eigenvalue weighted by Gasteiger charge is 2.16. The van der Waals surface area contributed by atoms with Gasteiger partial charge in [-0.05, 0) is 31.2 Å². The minimum Gasteiger partial charge on any atom is -0.361 e. The molecule has 6 nitrogen and oxygen atoms in total. The Balaban J connectivity index is 1.44. The zero-order valence-electron chi connectivity index (χ0n) is 14.5. The summed E-state index contributed by atoms with van der Waals surface area (Å²) in [4.78, 5) is 20.1. The molecule has 2 aromatic rings. The number of nitrogens with zero attached hydrogens (tertiary/aromatic N) is 2. The van der Waals surface area contributed by atoms with Crippen LogP contribution in [0.3, 0.4) is 0 Å². The lowest BCUT2D eigenvalue weighted by Crippen LogP contribution is -2.47. The van der Waals surface area contributed by atoms with Crippen LogP contribution < -0.4 is 10.6 Å². The van der Waals surface area contributed by atoms with Gasteiger partial charge in [0.05, 0.1) is 5.69 Å². The maximum atomic E-state index is 12.2. The number of H-pyrrole nitrogens is 1. The minimum absolute atomic E-state index is 0.145. The second-order valence-electron chi connectivity index (χ2n) is 6.79. The SMILES string of the molecule is CC(CNC(=O)Nc1cccc2[nH]ccc12)CN1CCN(C)CC1. The Bertz CT molecular complexity index is 675. The number of hydrogen-bond acceptors (Lipinski definition) is 3. The van der Waals surface area contributed by atoms with Crippen molar-refractivity contribution < 1.29 is 4.79 Å². The van der Waals surface area contributed by atoms with Crippen LogP contribution in [0, 0.1) is 5.92 Å². The minimum atomic E-state index is -0.145. The van der Waals surface area contributed by atoms with Crippen molar-refractivity contribution in [3.05, 3.63) is 30.5 Å². The van der Waals surface area contributed by atoms with Crippen LogP contribution >= 0.6 is 0 Å². The monoisotopic (exact) mass is 329 g/mol. The quantitative estimate of drug-likeness (QED) is 0.788. The Morgan fingerprint density at radius 3 is 2.83 bits per heavy atom. The summed E-state index contributed by atoms with van der Waals surface area (Å²) in [6.07, 6.45) is 1.88. The zero-order valence-corrected chi connectivity index (χ0v) is 14.5. The first kappa shape index (κ1) is 16.8. The van der Waals surface area contributed by atoms with Gasteiger partial charge in [-0.1, -0.05) is 13.0 Å². The number of carbonyl (C=O) groups is 1. The summed E-state index contributed by atoms with van der Waals surface area (Å²) in [6, 6.07) is 7.68. The number of nitrogens with one attached hydrogen (secondary N) is 3. The molecular formula is C18H27N5O. The first-order chi connectivity index (χ1) is 11.6. The van der Waals surface area contributed by atoms with Gasteiger partial charge in [-0.25, -0.2) is 4.79 Å². The number of aromatic amines is 1. The molecule has 1 aromatic carbocycles. The number of anilines is 1. The fourth-order valence-electron chi connectivity index (χ4n) is 3.16. The van der Waals surface area contributed by atoms with Crippen molar-refractivity contribution in [1.29, 1.82) is 0 Å². The van der Waals surface area contributed by atoms with Gasteiger partial charge in [-0.3, -0.25) is 0 Å². The maximum Gasteiger partial charge on any atom is 0.319 e. The molecule has 0 spiro atoms. The number of likely N-dealkylation sites (N-methyl/N-ethyl adjacent to an activating group) is 1. The first-order valence-corrected chi connectivity index (χ1v) is 8.63. The second-order valence-corrected chi connectivity index (χ2v) is 6.79. The normalized spacial score (nSPS) is 17.8. The van der Waals surface area contributed by atoms with E-state index in [-0.39, 0.29) is 6.03 Å². The van der Waals surface area contributed by atoms with Crippen LogP contribution in [0.2, 0.25) is 0 Å². The number of rotatable bonds is 5. The largest absolute Gasteiger partial charge is 0.361 e. The number of aromatic nitrogens is 1. The number of carbonyl (C=O) groups excluding carboxylic acids is 1. The Hall–Kier alpha value is -2.05. The number of benzene rings is 1. The number of hydrogen-bond donors (Lipinski definition) is 3. The predicted octanol–water partition coefficient (Wildman–Crippen LogP) is 2.17. The molecule has 2 heterocycles. The summed E-state index contributed by atoms with van der Waals surface area (Å²) < 4.78 is 0. The van der Waals surface area contributed by atoms with E-state index in [1.807, 2.05) is 30.5 Å². The first-order valence-electron chi connectivity index (χ1n) is 8.63. The molecule has 1 fully saturated rings. The van der Waals surface area contributed by atoms with Crippen molar-refractivity contribution in [3.8, 4) is 0 Å². The molecule has 1 aliphatic rings. The van der Waals surface area contributed by atoms with Crippen molar-refractivity contribution in [2.45, 2.75) is 6.92 Å². The van der Waals surface area contributed by atoms with Crippen molar-refractivity contribution >= 4 is 22.6 Å². The van der Waals surface area contributed by atoms with Crippen LogP contribution in [0.5, 0.6) is 0 Å². The molecule has 1 aromatic heterocycles. The van der Waals surface area contributed by atoms with Gasteiger partial charge in [-0.15, -0.1) is 0 Å². The van der Waals surface area contributed by atoms with E-state index in [0.29, 0.717) is 12.5 Å². The average molecular weight is 329 g/mol. The summed E-state index contributed by atoms with van der Waals surface area (Å²) in [6.45, 7) is 8.38. The Kier molecular flexibility index (Phi) is 5.37. The van der Waals surface area contributed by atoms with Gasteiger partial charge < -0.3 is 25.4 Å². The van der Waals surface area contributed by atoms with Crippen LogP contribution in [0.25, 0.3) is 10.9 Å². The molecule has 0 saturated carbocycles. The molecule has 0 radical (unpaired) electrons. The van der Waals surface area contributed by atoms with Crippen LogP contribution in [0.1, 0.15) is 6.92 Å². The lowest BCUT2D eigenvalue weighted by Gasteiger charge is -2.33. The van der Waals surface area contributed by atoms with E-state index in [1.54, 1.807) is 0 Å². The Morgan fingerprint density at radius 2 is 2.04 bits per heavy atom. The smallest absolute Gasteiger partial charge is 0.319 e. The number of urea groups is 1. The van der Waals surface area contributed by atoms with Crippen molar-refractivity contribution in [1.82, 2.24) is 20.1 Å². The summed E-state index contributed by atoms with van der Waals surface area (Å²) in [5.41, 5.74) is 1.86. The molecule has 1 atom stereocenters. The van der Waals surface area contributed by atoms with Crippen molar-refractivity contribution in [2.75, 3.05) is 51.6 Å². The highest BCUT2D eigenvalue weighted by atomic mass is 16.2. The second kappa shape index (κ2) is 7.68. The molecule has 2 amide bonds. The Labute approximate surface area is 143 Å². The van der Waals surface area contributed by atoms with Gasteiger partial charge in [0.2, 0.25) is 0 Å². The third-order valence-corrected chi connectivity index (χ3v) is 4.62. The number of amides is 2. The molecule has 1 saturated heterocycles.